The molecule has 1 aliphatic rings. The van der Waals surface area contributed by atoms with Crippen LogP contribution in [0.1, 0.15) is 42.0 Å². The third-order valence-electron chi connectivity index (χ3n) is 5.04. The van der Waals surface area contributed by atoms with Crippen molar-refractivity contribution in [1.29, 1.82) is 0 Å². The van der Waals surface area contributed by atoms with Crippen LogP contribution in [0.25, 0.3) is 0 Å². The van der Waals surface area contributed by atoms with Gasteiger partial charge in [0.05, 0.1) is 0 Å². The maximum absolute atomic E-state index is 5.62. The minimum absolute atomic E-state index is 0.504. The number of hydrogen-bond donors (Lipinski definition) is 1. The number of benzene rings is 2. The lowest BCUT2D eigenvalue weighted by atomic mass is 9.93. The second kappa shape index (κ2) is 8.59. The van der Waals surface area contributed by atoms with Gasteiger partial charge in [0, 0.05) is 24.7 Å². The molecule has 0 bridgehead atoms. The van der Waals surface area contributed by atoms with Crippen LogP contribution in [0.15, 0.2) is 48.5 Å². The molecular formula is C22H28N2S. The zero-order chi connectivity index (χ0) is 17.6. The predicted molar refractivity (Wildman–Crippen MR) is 110 cm³/mol. The summed E-state index contributed by atoms with van der Waals surface area (Å²) in [6, 6.07) is 17.8. The number of fused-ring (bicyclic) bond motifs is 1. The van der Waals surface area contributed by atoms with E-state index in [9.17, 15) is 0 Å². The summed E-state index contributed by atoms with van der Waals surface area (Å²) in [5.41, 5.74) is 5.34. The van der Waals surface area contributed by atoms with Crippen molar-refractivity contribution in [2.75, 3.05) is 13.1 Å². The number of nitrogens with zero attached hydrogens (tertiary/aromatic N) is 1. The van der Waals surface area contributed by atoms with Gasteiger partial charge in [-0.25, -0.2) is 0 Å². The second-order valence-corrected chi connectivity index (χ2v) is 7.44. The Morgan fingerprint density at radius 2 is 1.96 bits per heavy atom. The monoisotopic (exact) mass is 352 g/mol. The van der Waals surface area contributed by atoms with Crippen molar-refractivity contribution < 1.29 is 0 Å². The molecule has 1 aliphatic heterocycles. The molecule has 0 radical (unpaired) electrons. The lowest BCUT2D eigenvalue weighted by molar-refractivity contribution is 0.170. The molecule has 0 fully saturated rings. The van der Waals surface area contributed by atoms with E-state index in [2.05, 4.69) is 72.6 Å². The smallest absolute Gasteiger partial charge is 0.106 e. The summed E-state index contributed by atoms with van der Waals surface area (Å²) in [6.45, 7) is 7.49. The number of unbranched alkanes of at least 4 members (excludes halogenated alkanes) is 1. The minimum atomic E-state index is 0.504. The van der Waals surface area contributed by atoms with Crippen LogP contribution in [0.4, 0.5) is 0 Å². The largest absolute Gasteiger partial charge is 0.374 e. The van der Waals surface area contributed by atoms with Gasteiger partial charge in [0.15, 0.2) is 0 Å². The first kappa shape index (κ1) is 18.1. The number of thiocarbonyl (C=S) groups is 1. The highest BCUT2D eigenvalue weighted by molar-refractivity contribution is 7.80. The Balaban J connectivity index is 1.67. The summed E-state index contributed by atoms with van der Waals surface area (Å²) in [5.74, 6) is 0. The molecule has 0 unspecified atom stereocenters. The van der Waals surface area contributed by atoms with E-state index in [1.165, 1.54) is 29.5 Å². The highest BCUT2D eigenvalue weighted by Gasteiger charge is 2.25. The van der Waals surface area contributed by atoms with E-state index >= 15 is 0 Å². The fourth-order valence-corrected chi connectivity index (χ4v) is 3.78. The minimum Gasteiger partial charge on any atom is -0.374 e. The quantitative estimate of drug-likeness (QED) is 0.771. The van der Waals surface area contributed by atoms with Crippen LogP contribution in [0.3, 0.4) is 0 Å². The van der Waals surface area contributed by atoms with Crippen molar-refractivity contribution in [1.82, 2.24) is 10.2 Å². The van der Waals surface area contributed by atoms with Crippen LogP contribution >= 0.6 is 12.2 Å². The van der Waals surface area contributed by atoms with Crippen molar-refractivity contribution in [2.24, 2.45) is 0 Å². The number of aryl methyl sites for hydroxylation is 1. The Bertz CT molecular complexity index is 725. The molecule has 1 atom stereocenters. The molecule has 0 saturated carbocycles. The fraction of sp³-hybridized carbons (Fsp3) is 0.409. The summed E-state index contributed by atoms with van der Waals surface area (Å²) in [6.07, 6.45) is 3.59. The number of nitrogens with one attached hydrogen (secondary N) is 1. The van der Waals surface area contributed by atoms with Crippen LogP contribution in [-0.4, -0.2) is 29.0 Å². The van der Waals surface area contributed by atoms with Crippen molar-refractivity contribution in [3.8, 4) is 0 Å². The molecule has 132 valence electrons. The first-order valence-electron chi connectivity index (χ1n) is 9.33. The van der Waals surface area contributed by atoms with Gasteiger partial charge >= 0.3 is 0 Å². The Kier molecular flexibility index (Phi) is 6.22. The Morgan fingerprint density at radius 3 is 2.72 bits per heavy atom. The van der Waals surface area contributed by atoms with Gasteiger partial charge in [-0.15, -0.1) is 0 Å². The average molecular weight is 353 g/mol. The van der Waals surface area contributed by atoms with Gasteiger partial charge < -0.3 is 5.32 Å². The standard InChI is InChI=1S/C22H28N2S/c1-3-4-12-24-16-20-10-6-5-9-18(20)14-21(24)15-23-22(25)19-11-7-8-17(2)13-19/h5-11,13,21H,3-4,12,14-16H2,1-2H3,(H,23,25)/t21-/m0/s1. The second-order valence-electron chi connectivity index (χ2n) is 7.03. The van der Waals surface area contributed by atoms with Crippen LogP contribution in [0.2, 0.25) is 0 Å². The molecular weight excluding hydrogens is 324 g/mol. The van der Waals surface area contributed by atoms with Crippen molar-refractivity contribution >= 4 is 17.2 Å². The van der Waals surface area contributed by atoms with E-state index in [0.717, 1.165) is 36.6 Å². The molecule has 3 heteroatoms. The molecule has 0 saturated heterocycles. The van der Waals surface area contributed by atoms with Crippen LogP contribution in [0, 0.1) is 6.92 Å². The lowest BCUT2D eigenvalue weighted by Crippen LogP contribution is -2.47. The Morgan fingerprint density at radius 1 is 1.16 bits per heavy atom. The first-order valence-corrected chi connectivity index (χ1v) is 9.74. The van der Waals surface area contributed by atoms with E-state index in [-0.39, 0.29) is 0 Å². The predicted octanol–water partition coefficient (Wildman–Crippen LogP) is 4.49. The highest BCUT2D eigenvalue weighted by Crippen LogP contribution is 2.23. The van der Waals surface area contributed by atoms with Crippen LogP contribution < -0.4 is 5.32 Å². The van der Waals surface area contributed by atoms with E-state index in [1.54, 1.807) is 0 Å². The Labute approximate surface area is 157 Å². The van der Waals surface area contributed by atoms with E-state index in [4.69, 9.17) is 12.2 Å². The summed E-state index contributed by atoms with van der Waals surface area (Å²) >= 11 is 5.62. The zero-order valence-electron chi connectivity index (χ0n) is 15.3. The van der Waals surface area contributed by atoms with Gasteiger partial charge in [0.2, 0.25) is 0 Å². The molecule has 1 N–H and O–H groups in total. The van der Waals surface area contributed by atoms with Gasteiger partial charge in [-0.3, -0.25) is 4.90 Å². The molecule has 1 heterocycles. The molecule has 0 amide bonds. The maximum atomic E-state index is 5.62. The molecule has 2 aromatic carbocycles. The summed E-state index contributed by atoms with van der Waals surface area (Å²) < 4.78 is 0. The topological polar surface area (TPSA) is 15.3 Å². The van der Waals surface area contributed by atoms with Crippen molar-refractivity contribution in [2.45, 2.75) is 45.7 Å². The third kappa shape index (κ3) is 4.68. The van der Waals surface area contributed by atoms with E-state index in [0.29, 0.717) is 6.04 Å². The number of rotatable bonds is 6. The lowest BCUT2D eigenvalue weighted by Gasteiger charge is -2.37. The van der Waals surface area contributed by atoms with E-state index < -0.39 is 0 Å². The normalized spacial score (nSPS) is 17.1. The molecule has 3 rings (SSSR count). The summed E-state index contributed by atoms with van der Waals surface area (Å²) in [4.78, 5) is 3.48. The van der Waals surface area contributed by atoms with Gasteiger partial charge in [-0.1, -0.05) is 73.6 Å². The zero-order valence-corrected chi connectivity index (χ0v) is 16.1. The summed E-state index contributed by atoms with van der Waals surface area (Å²) in [7, 11) is 0. The van der Waals surface area contributed by atoms with Gasteiger partial charge in [-0.2, -0.15) is 0 Å². The van der Waals surface area contributed by atoms with Gasteiger partial charge in [-0.05, 0) is 43.5 Å². The van der Waals surface area contributed by atoms with Crippen LogP contribution in [0.5, 0.6) is 0 Å². The molecule has 2 aromatic rings. The molecule has 2 nitrogen and oxygen atoms in total. The highest BCUT2D eigenvalue weighted by atomic mass is 32.1. The van der Waals surface area contributed by atoms with Crippen molar-refractivity contribution in [3.63, 3.8) is 0 Å². The SMILES string of the molecule is CCCCN1Cc2ccccc2C[C@H]1CNC(=S)c1cccc(C)c1. The van der Waals surface area contributed by atoms with Crippen LogP contribution in [-0.2, 0) is 13.0 Å². The Hall–Kier alpha value is -1.71. The third-order valence-corrected chi connectivity index (χ3v) is 5.42. The molecule has 0 spiro atoms. The van der Waals surface area contributed by atoms with Gasteiger partial charge in [0.25, 0.3) is 0 Å². The number of hydrogen-bond acceptors (Lipinski definition) is 2. The maximum Gasteiger partial charge on any atom is 0.106 e. The molecule has 25 heavy (non-hydrogen) atoms. The average Bonchev–Trinajstić information content (AvgIpc) is 2.64. The van der Waals surface area contributed by atoms with Gasteiger partial charge in [0.1, 0.15) is 4.99 Å². The van der Waals surface area contributed by atoms with Crippen molar-refractivity contribution in [3.05, 3.63) is 70.8 Å². The summed E-state index contributed by atoms with van der Waals surface area (Å²) in [5, 5.41) is 3.52. The first-order chi connectivity index (χ1) is 12.2. The van der Waals surface area contributed by atoms with E-state index in [1.807, 2.05) is 0 Å². The molecule has 0 aliphatic carbocycles. The fourth-order valence-electron chi connectivity index (χ4n) is 3.56. The molecule has 0 aromatic heterocycles.